The molecule has 0 bridgehead atoms. The summed E-state index contributed by atoms with van der Waals surface area (Å²) < 4.78 is 31.5. The second-order valence-corrected chi connectivity index (χ2v) is 13.0. The van der Waals surface area contributed by atoms with Gasteiger partial charge in [-0.3, -0.25) is 9.36 Å². The fourth-order valence-corrected chi connectivity index (χ4v) is 7.29. The van der Waals surface area contributed by atoms with E-state index in [9.17, 15) is 13.2 Å². The van der Waals surface area contributed by atoms with Crippen LogP contribution in [0.5, 0.6) is 0 Å². The molecule has 1 aliphatic heterocycles. The summed E-state index contributed by atoms with van der Waals surface area (Å²) in [5.41, 5.74) is 3.73. The fourth-order valence-electron chi connectivity index (χ4n) is 4.90. The van der Waals surface area contributed by atoms with Crippen LogP contribution in [0.3, 0.4) is 0 Å². The van der Waals surface area contributed by atoms with Crippen LogP contribution >= 0.6 is 22.9 Å². The van der Waals surface area contributed by atoms with E-state index in [1.165, 1.54) is 18.5 Å². The third-order valence-electron chi connectivity index (χ3n) is 6.95. The second kappa shape index (κ2) is 10.6. The minimum Gasteiger partial charge on any atom is -0.371 e. The molecule has 6 nitrogen and oxygen atoms in total. The smallest absolute Gasteiger partial charge is 0.308 e. The van der Waals surface area contributed by atoms with E-state index in [0.717, 1.165) is 35.6 Å². The van der Waals surface area contributed by atoms with Crippen molar-refractivity contribution in [1.82, 2.24) is 9.29 Å². The largest absolute Gasteiger partial charge is 0.371 e. The normalized spacial score (nSPS) is 17.3. The Kier molecular flexibility index (Phi) is 7.45. The van der Waals surface area contributed by atoms with Crippen LogP contribution in [0.2, 0.25) is 5.02 Å². The molecule has 4 aromatic rings. The number of anilines is 1. The van der Waals surface area contributed by atoms with E-state index in [-0.39, 0.29) is 9.77 Å². The van der Waals surface area contributed by atoms with Gasteiger partial charge in [0.1, 0.15) is 0 Å². The van der Waals surface area contributed by atoms with Crippen molar-refractivity contribution in [1.29, 1.82) is 0 Å². The lowest BCUT2D eigenvalue weighted by Gasteiger charge is -2.33. The topological polar surface area (TPSA) is 71.4 Å². The summed E-state index contributed by atoms with van der Waals surface area (Å²) in [6.45, 7) is 6.63. The highest BCUT2D eigenvalue weighted by molar-refractivity contribution is 7.89. The minimum absolute atomic E-state index is 0.135. The van der Waals surface area contributed by atoms with E-state index >= 15 is 0 Å². The molecule has 0 unspecified atom stereocenters. The number of hydrogen-bond acceptors (Lipinski definition) is 5. The monoisotopic (exact) mass is 555 g/mol. The summed E-state index contributed by atoms with van der Waals surface area (Å²) in [4.78, 5) is 15.1. The molecule has 194 valence electrons. The molecule has 0 saturated carbocycles. The summed E-state index contributed by atoms with van der Waals surface area (Å²) in [6.07, 6.45) is 2.46. The van der Waals surface area contributed by atoms with Gasteiger partial charge in [-0.2, -0.15) is 0 Å². The van der Waals surface area contributed by atoms with Crippen LogP contribution < -0.4 is 14.5 Å². The standard InChI is InChI=1S/C28H30ClN3O3S2/c1-19-4-3-15-31(17-19)24-11-7-22(8-12-24)20(2)30-37(34,35)25-13-14-26-27(16-25)36-28(33)32(26)18-21-5-9-23(29)10-6-21/h5-14,16,19-20,30H,3-4,15,17-18H2,1-2H3/t19-,20+/m1/s1. The van der Waals surface area contributed by atoms with E-state index in [0.29, 0.717) is 27.7 Å². The predicted molar refractivity (Wildman–Crippen MR) is 152 cm³/mol. The average Bonchev–Trinajstić information content (AvgIpc) is 3.19. The van der Waals surface area contributed by atoms with Gasteiger partial charge in [-0.15, -0.1) is 0 Å². The maximum absolute atomic E-state index is 13.2. The van der Waals surface area contributed by atoms with E-state index in [4.69, 9.17) is 11.6 Å². The number of nitrogens with one attached hydrogen (secondary N) is 1. The van der Waals surface area contributed by atoms with Crippen molar-refractivity contribution in [3.8, 4) is 0 Å². The number of hydrogen-bond donors (Lipinski definition) is 1. The summed E-state index contributed by atoms with van der Waals surface area (Å²) in [6, 6.07) is 19.9. The van der Waals surface area contributed by atoms with Crippen LogP contribution in [0.1, 0.15) is 43.9 Å². The molecule has 37 heavy (non-hydrogen) atoms. The highest BCUT2D eigenvalue weighted by Crippen LogP contribution is 2.27. The van der Waals surface area contributed by atoms with Crippen molar-refractivity contribution in [2.45, 2.75) is 44.2 Å². The number of thiazole rings is 1. The molecular formula is C28H30ClN3O3S2. The molecule has 1 aliphatic rings. The Morgan fingerprint density at radius 3 is 2.51 bits per heavy atom. The number of piperidine rings is 1. The zero-order chi connectivity index (χ0) is 26.2. The third kappa shape index (κ3) is 5.77. The molecule has 0 spiro atoms. The summed E-state index contributed by atoms with van der Waals surface area (Å²) in [5, 5.41) is 0.635. The van der Waals surface area contributed by atoms with Gasteiger partial charge >= 0.3 is 4.87 Å². The fraction of sp³-hybridized carbons (Fsp3) is 0.321. The lowest BCUT2D eigenvalue weighted by atomic mass is 9.99. The van der Waals surface area contributed by atoms with Crippen LogP contribution in [-0.2, 0) is 16.6 Å². The van der Waals surface area contributed by atoms with Gasteiger partial charge in [-0.1, -0.05) is 54.1 Å². The Morgan fingerprint density at radius 2 is 1.81 bits per heavy atom. The molecule has 0 amide bonds. The molecule has 0 aliphatic carbocycles. The number of aromatic nitrogens is 1. The first kappa shape index (κ1) is 26.0. The molecular weight excluding hydrogens is 526 g/mol. The van der Waals surface area contributed by atoms with Crippen molar-refractivity contribution in [2.24, 2.45) is 5.92 Å². The molecule has 9 heteroatoms. The number of nitrogens with zero attached hydrogens (tertiary/aromatic N) is 2. The van der Waals surface area contributed by atoms with Gasteiger partial charge in [0.2, 0.25) is 10.0 Å². The van der Waals surface area contributed by atoms with Gasteiger partial charge in [0.25, 0.3) is 0 Å². The third-order valence-corrected chi connectivity index (χ3v) is 9.68. The zero-order valence-electron chi connectivity index (χ0n) is 20.9. The SMILES string of the molecule is C[C@@H]1CCCN(c2ccc([C@H](C)NS(=O)(=O)c3ccc4c(c3)sc(=O)n4Cc3ccc(Cl)cc3)cc2)C1. The number of sulfonamides is 1. The van der Waals surface area contributed by atoms with Gasteiger partial charge in [-0.05, 0) is 79.3 Å². The van der Waals surface area contributed by atoms with Crippen molar-refractivity contribution in [3.05, 3.63) is 92.5 Å². The quantitative estimate of drug-likeness (QED) is 0.302. The van der Waals surface area contributed by atoms with E-state index in [2.05, 4.69) is 28.7 Å². The van der Waals surface area contributed by atoms with Crippen molar-refractivity contribution >= 4 is 48.9 Å². The first-order valence-corrected chi connectivity index (χ1v) is 15.1. The van der Waals surface area contributed by atoms with Crippen molar-refractivity contribution < 1.29 is 8.42 Å². The zero-order valence-corrected chi connectivity index (χ0v) is 23.2. The van der Waals surface area contributed by atoms with Gasteiger partial charge in [-0.25, -0.2) is 13.1 Å². The van der Waals surface area contributed by atoms with Gasteiger partial charge in [0, 0.05) is 29.8 Å². The van der Waals surface area contributed by atoms with Crippen LogP contribution in [0.4, 0.5) is 5.69 Å². The summed E-state index contributed by atoms with van der Waals surface area (Å²) in [7, 11) is -3.78. The van der Waals surface area contributed by atoms with E-state index < -0.39 is 16.1 Å². The van der Waals surface area contributed by atoms with Gasteiger partial charge in [0.05, 0.1) is 21.7 Å². The molecule has 2 atom stereocenters. The predicted octanol–water partition coefficient (Wildman–Crippen LogP) is 6.04. The maximum atomic E-state index is 13.2. The molecule has 1 aromatic heterocycles. The molecule has 2 heterocycles. The number of benzene rings is 3. The lowest BCUT2D eigenvalue weighted by molar-refractivity contribution is 0.447. The molecule has 1 N–H and O–H groups in total. The number of fused-ring (bicyclic) bond motifs is 1. The summed E-state index contributed by atoms with van der Waals surface area (Å²) >= 11 is 7.01. The van der Waals surface area contributed by atoms with Gasteiger partial charge in [0.15, 0.2) is 0 Å². The van der Waals surface area contributed by atoms with Crippen molar-refractivity contribution in [2.75, 3.05) is 18.0 Å². The Balaban J connectivity index is 1.32. The molecule has 5 rings (SSSR count). The van der Waals surface area contributed by atoms with E-state index in [1.54, 1.807) is 34.9 Å². The Hall–Kier alpha value is -2.65. The number of rotatable bonds is 7. The first-order valence-electron chi connectivity index (χ1n) is 12.4. The highest BCUT2D eigenvalue weighted by atomic mass is 35.5. The minimum atomic E-state index is -3.78. The Morgan fingerprint density at radius 1 is 1.08 bits per heavy atom. The number of halogens is 1. The van der Waals surface area contributed by atoms with Crippen LogP contribution in [0.15, 0.2) is 76.4 Å². The van der Waals surface area contributed by atoms with Crippen LogP contribution in [-0.4, -0.2) is 26.1 Å². The average molecular weight is 556 g/mol. The first-order chi connectivity index (χ1) is 17.7. The molecule has 1 fully saturated rings. The molecule has 3 aromatic carbocycles. The Labute approximate surface area is 226 Å². The lowest BCUT2D eigenvalue weighted by Crippen LogP contribution is -2.34. The van der Waals surface area contributed by atoms with Gasteiger partial charge < -0.3 is 4.90 Å². The molecule has 1 saturated heterocycles. The van der Waals surface area contributed by atoms with Crippen LogP contribution in [0.25, 0.3) is 10.2 Å². The van der Waals surface area contributed by atoms with E-state index in [1.807, 2.05) is 31.2 Å². The van der Waals surface area contributed by atoms with Crippen molar-refractivity contribution in [3.63, 3.8) is 0 Å². The molecule has 0 radical (unpaired) electrons. The summed E-state index contributed by atoms with van der Waals surface area (Å²) in [5.74, 6) is 0.685. The maximum Gasteiger partial charge on any atom is 0.308 e. The Bertz CT molecular complexity index is 1560. The highest BCUT2D eigenvalue weighted by Gasteiger charge is 2.21. The second-order valence-electron chi connectivity index (χ2n) is 9.84. The van der Waals surface area contributed by atoms with Crippen LogP contribution in [0, 0.1) is 5.92 Å².